The van der Waals surface area contributed by atoms with Crippen LogP contribution in [0.2, 0.25) is 0 Å². The Morgan fingerprint density at radius 1 is 1.19 bits per heavy atom. The van der Waals surface area contributed by atoms with Crippen LogP contribution >= 0.6 is 0 Å². The van der Waals surface area contributed by atoms with E-state index in [4.69, 9.17) is 0 Å². The maximum atomic E-state index is 9.94. The summed E-state index contributed by atoms with van der Waals surface area (Å²) in [6.07, 6.45) is 7.77. The van der Waals surface area contributed by atoms with E-state index < -0.39 is 0 Å². The van der Waals surface area contributed by atoms with Crippen molar-refractivity contribution < 1.29 is 5.11 Å². The number of rotatable bonds is 4. The van der Waals surface area contributed by atoms with Crippen LogP contribution in [-0.2, 0) is 0 Å². The Hall–Kier alpha value is -0.120. The molecule has 1 saturated carbocycles. The van der Waals surface area contributed by atoms with Crippen molar-refractivity contribution in [1.29, 1.82) is 0 Å². The van der Waals surface area contributed by atoms with E-state index >= 15 is 0 Å². The van der Waals surface area contributed by atoms with Crippen LogP contribution in [0.15, 0.2) is 0 Å². The first-order chi connectivity index (χ1) is 9.80. The largest absolute Gasteiger partial charge is 0.393 e. The molecule has 1 heterocycles. The molecule has 2 unspecified atom stereocenters. The average molecular weight is 296 g/mol. The predicted molar refractivity (Wildman–Crippen MR) is 89.5 cm³/mol. The molecule has 0 spiro atoms. The quantitative estimate of drug-likeness (QED) is 0.837. The van der Waals surface area contributed by atoms with Gasteiger partial charge in [0, 0.05) is 31.7 Å². The molecule has 124 valence electrons. The van der Waals surface area contributed by atoms with E-state index in [0.29, 0.717) is 11.3 Å². The van der Waals surface area contributed by atoms with Crippen LogP contribution in [-0.4, -0.2) is 47.8 Å². The van der Waals surface area contributed by atoms with Crippen molar-refractivity contribution in [3.05, 3.63) is 0 Å². The van der Waals surface area contributed by atoms with Gasteiger partial charge in [-0.15, -0.1) is 0 Å². The van der Waals surface area contributed by atoms with Crippen molar-refractivity contribution in [1.82, 2.24) is 10.2 Å². The minimum Gasteiger partial charge on any atom is -0.393 e. The maximum Gasteiger partial charge on any atom is 0.0590 e. The zero-order valence-corrected chi connectivity index (χ0v) is 14.6. The molecule has 0 radical (unpaired) electrons. The lowest BCUT2D eigenvalue weighted by molar-refractivity contribution is 0.00713. The molecular weight excluding hydrogens is 260 g/mol. The van der Waals surface area contributed by atoms with Crippen molar-refractivity contribution in [2.24, 2.45) is 11.3 Å². The van der Waals surface area contributed by atoms with Crippen LogP contribution in [0.4, 0.5) is 0 Å². The Morgan fingerprint density at radius 3 is 2.43 bits per heavy atom. The van der Waals surface area contributed by atoms with E-state index in [0.717, 1.165) is 26.1 Å². The van der Waals surface area contributed by atoms with Crippen molar-refractivity contribution in [2.45, 2.75) is 77.9 Å². The Bertz CT molecular complexity index is 318. The highest BCUT2D eigenvalue weighted by atomic mass is 16.3. The predicted octanol–water partition coefficient (Wildman–Crippen LogP) is 3.03. The SMILES string of the molecule is CC1CN(CC2(CNC(C)(C)C)CCCCC2)CCC1O. The highest BCUT2D eigenvalue weighted by molar-refractivity contribution is 4.91. The van der Waals surface area contributed by atoms with E-state index in [1.807, 2.05) is 0 Å². The van der Waals surface area contributed by atoms with E-state index in [9.17, 15) is 5.11 Å². The number of aliphatic hydroxyl groups excluding tert-OH is 1. The zero-order valence-electron chi connectivity index (χ0n) is 14.6. The first-order valence-electron chi connectivity index (χ1n) is 8.95. The summed E-state index contributed by atoms with van der Waals surface area (Å²) in [5.41, 5.74) is 0.656. The lowest BCUT2D eigenvalue weighted by Gasteiger charge is -2.45. The molecular formula is C18H36N2O. The van der Waals surface area contributed by atoms with Crippen LogP contribution in [0, 0.1) is 11.3 Å². The molecule has 0 bridgehead atoms. The lowest BCUT2D eigenvalue weighted by atomic mass is 9.72. The normalized spacial score (nSPS) is 31.3. The monoisotopic (exact) mass is 296 g/mol. The third-order valence-electron chi connectivity index (χ3n) is 5.41. The fourth-order valence-electron chi connectivity index (χ4n) is 3.98. The van der Waals surface area contributed by atoms with Crippen molar-refractivity contribution in [3.8, 4) is 0 Å². The van der Waals surface area contributed by atoms with Crippen LogP contribution in [0.1, 0.15) is 66.2 Å². The van der Waals surface area contributed by atoms with Crippen molar-refractivity contribution >= 4 is 0 Å². The van der Waals surface area contributed by atoms with E-state index in [2.05, 4.69) is 37.9 Å². The van der Waals surface area contributed by atoms with Gasteiger partial charge in [-0.1, -0.05) is 26.2 Å². The minimum atomic E-state index is -0.0868. The molecule has 0 aromatic heterocycles. The Morgan fingerprint density at radius 2 is 1.86 bits per heavy atom. The third-order valence-corrected chi connectivity index (χ3v) is 5.41. The Balaban J connectivity index is 1.95. The van der Waals surface area contributed by atoms with E-state index in [1.165, 1.54) is 38.6 Å². The average Bonchev–Trinajstić information content (AvgIpc) is 2.41. The summed E-state index contributed by atoms with van der Waals surface area (Å²) in [7, 11) is 0. The van der Waals surface area contributed by atoms with Gasteiger partial charge in [0.05, 0.1) is 6.10 Å². The van der Waals surface area contributed by atoms with Crippen LogP contribution in [0.5, 0.6) is 0 Å². The molecule has 2 atom stereocenters. The highest BCUT2D eigenvalue weighted by Crippen LogP contribution is 2.37. The van der Waals surface area contributed by atoms with Gasteiger partial charge in [0.2, 0.25) is 0 Å². The molecule has 0 aromatic carbocycles. The van der Waals surface area contributed by atoms with Crippen LogP contribution in [0.25, 0.3) is 0 Å². The molecule has 1 saturated heterocycles. The number of aliphatic hydroxyl groups is 1. The van der Waals surface area contributed by atoms with Crippen LogP contribution < -0.4 is 5.32 Å². The second kappa shape index (κ2) is 6.97. The third kappa shape index (κ3) is 5.22. The molecule has 3 nitrogen and oxygen atoms in total. The van der Waals surface area contributed by atoms with Gasteiger partial charge in [-0.3, -0.25) is 0 Å². The topological polar surface area (TPSA) is 35.5 Å². The Labute approximate surface area is 131 Å². The molecule has 3 heteroatoms. The smallest absolute Gasteiger partial charge is 0.0590 e. The highest BCUT2D eigenvalue weighted by Gasteiger charge is 2.36. The molecule has 2 aliphatic rings. The van der Waals surface area contributed by atoms with Gasteiger partial charge >= 0.3 is 0 Å². The zero-order chi connectivity index (χ0) is 15.5. The van der Waals surface area contributed by atoms with Gasteiger partial charge in [0.15, 0.2) is 0 Å². The van der Waals surface area contributed by atoms with Gasteiger partial charge in [-0.25, -0.2) is 0 Å². The molecule has 0 aromatic rings. The minimum absolute atomic E-state index is 0.0868. The summed E-state index contributed by atoms with van der Waals surface area (Å²) in [5, 5.41) is 13.7. The van der Waals surface area contributed by atoms with E-state index in [-0.39, 0.29) is 11.6 Å². The van der Waals surface area contributed by atoms with Gasteiger partial charge in [-0.2, -0.15) is 0 Å². The molecule has 1 aliphatic heterocycles. The first-order valence-corrected chi connectivity index (χ1v) is 8.95. The number of nitrogens with one attached hydrogen (secondary N) is 1. The number of piperidine rings is 1. The molecule has 0 amide bonds. The van der Waals surface area contributed by atoms with Gasteiger partial charge < -0.3 is 15.3 Å². The fourth-order valence-corrected chi connectivity index (χ4v) is 3.98. The summed E-state index contributed by atoms with van der Waals surface area (Å²) in [6, 6.07) is 0. The lowest BCUT2D eigenvalue weighted by Crippen LogP contribution is -2.52. The van der Waals surface area contributed by atoms with Gasteiger partial charge in [0.25, 0.3) is 0 Å². The molecule has 2 rings (SSSR count). The summed E-state index contributed by atoms with van der Waals surface area (Å²) < 4.78 is 0. The fraction of sp³-hybridized carbons (Fsp3) is 1.00. The van der Waals surface area contributed by atoms with Gasteiger partial charge in [-0.05, 0) is 51.4 Å². The number of likely N-dealkylation sites (tertiary alicyclic amines) is 1. The molecule has 1 aliphatic carbocycles. The molecule has 2 N–H and O–H groups in total. The van der Waals surface area contributed by atoms with Crippen molar-refractivity contribution in [3.63, 3.8) is 0 Å². The number of nitrogens with zero attached hydrogens (tertiary/aromatic N) is 1. The summed E-state index contributed by atoms with van der Waals surface area (Å²) in [5.74, 6) is 0.426. The van der Waals surface area contributed by atoms with Crippen molar-refractivity contribution in [2.75, 3.05) is 26.2 Å². The van der Waals surface area contributed by atoms with Crippen LogP contribution in [0.3, 0.4) is 0 Å². The summed E-state index contributed by atoms with van der Waals surface area (Å²) in [4.78, 5) is 2.62. The van der Waals surface area contributed by atoms with Gasteiger partial charge in [0.1, 0.15) is 0 Å². The number of hydrogen-bond donors (Lipinski definition) is 2. The standard InChI is InChI=1S/C18H36N2O/c1-15-12-20(11-8-16(15)21)14-18(9-6-5-7-10-18)13-19-17(2,3)4/h15-16,19,21H,5-14H2,1-4H3. The summed E-state index contributed by atoms with van der Waals surface area (Å²) in [6.45, 7) is 13.5. The molecule has 21 heavy (non-hydrogen) atoms. The number of hydrogen-bond acceptors (Lipinski definition) is 3. The maximum absolute atomic E-state index is 9.94. The Kier molecular flexibility index (Phi) is 5.72. The first kappa shape index (κ1) is 17.2. The van der Waals surface area contributed by atoms with E-state index in [1.54, 1.807) is 0 Å². The summed E-state index contributed by atoms with van der Waals surface area (Å²) >= 11 is 0. The second-order valence-electron chi connectivity index (χ2n) is 8.73. The second-order valence-corrected chi connectivity index (χ2v) is 8.73. The molecule has 2 fully saturated rings.